The number of nitrogens with two attached hydrogens (primary N) is 1. The summed E-state index contributed by atoms with van der Waals surface area (Å²) in [6, 6.07) is 0. The van der Waals surface area contributed by atoms with Crippen molar-refractivity contribution in [2.24, 2.45) is 5.73 Å². The molecule has 1 aromatic rings. The van der Waals surface area contributed by atoms with Crippen LogP contribution in [0.2, 0.25) is 0 Å². The minimum atomic E-state index is -3.43. The first-order valence-electron chi connectivity index (χ1n) is 7.02. The minimum Gasteiger partial charge on any atom is -0.378 e. The first-order chi connectivity index (χ1) is 9.81. The van der Waals surface area contributed by atoms with Crippen molar-refractivity contribution in [1.29, 1.82) is 0 Å². The Bertz CT molecular complexity index is 571. The zero-order chi connectivity index (χ0) is 15.5. The molecule has 10 heteroatoms. The Kier molecular flexibility index (Phi) is 6.75. The number of nitrogens with one attached hydrogen (secondary N) is 1. The molecule has 0 aliphatic heterocycles. The van der Waals surface area contributed by atoms with Gasteiger partial charge in [-0.25, -0.2) is 13.1 Å². The van der Waals surface area contributed by atoms with E-state index in [2.05, 4.69) is 14.9 Å². The molecule has 3 N–H and O–H groups in total. The number of hydrogen-bond donors (Lipinski definition) is 2. The average Bonchev–Trinajstić information content (AvgIpc) is 2.82. The number of nitrogens with zero attached hydrogens (tertiary/aromatic N) is 2. The summed E-state index contributed by atoms with van der Waals surface area (Å²) >= 11 is 0. The lowest BCUT2D eigenvalue weighted by molar-refractivity contribution is 0.0911. The van der Waals surface area contributed by atoms with E-state index in [1.807, 2.05) is 13.8 Å². The van der Waals surface area contributed by atoms with E-state index in [1.54, 1.807) is 0 Å². The number of ether oxygens (including phenoxy) is 1. The fraction of sp³-hybridized carbons (Fsp3) is 0.833. The first-order valence-corrected chi connectivity index (χ1v) is 8.67. The van der Waals surface area contributed by atoms with Crippen molar-refractivity contribution in [2.45, 2.75) is 51.3 Å². The number of sulfonamides is 1. The van der Waals surface area contributed by atoms with Crippen LogP contribution >= 0.6 is 12.4 Å². The molecular formula is C12H23ClN4O4S. The lowest BCUT2D eigenvalue weighted by Crippen LogP contribution is -2.44. The third kappa shape index (κ3) is 5.17. The second-order valence-corrected chi connectivity index (χ2v) is 7.51. The lowest BCUT2D eigenvalue weighted by Gasteiger charge is -2.34. The summed E-state index contributed by atoms with van der Waals surface area (Å²) in [5, 5.41) is 3.83. The van der Waals surface area contributed by atoms with E-state index >= 15 is 0 Å². The molecule has 128 valence electrons. The van der Waals surface area contributed by atoms with E-state index in [0.717, 1.165) is 19.3 Å². The molecule has 1 aliphatic carbocycles. The zero-order valence-corrected chi connectivity index (χ0v) is 14.4. The molecule has 1 aliphatic rings. The van der Waals surface area contributed by atoms with Crippen molar-refractivity contribution < 1.29 is 17.7 Å². The summed E-state index contributed by atoms with van der Waals surface area (Å²) in [7, 11) is -3.43. The average molecular weight is 355 g/mol. The van der Waals surface area contributed by atoms with Crippen molar-refractivity contribution >= 4 is 22.4 Å². The van der Waals surface area contributed by atoms with Gasteiger partial charge in [-0.15, -0.1) is 12.4 Å². The topological polar surface area (TPSA) is 120 Å². The number of aromatic nitrogens is 2. The number of hydrogen-bond acceptors (Lipinski definition) is 7. The van der Waals surface area contributed by atoms with Gasteiger partial charge in [0.2, 0.25) is 15.9 Å². The van der Waals surface area contributed by atoms with E-state index in [0.29, 0.717) is 5.82 Å². The van der Waals surface area contributed by atoms with Crippen LogP contribution in [0.3, 0.4) is 0 Å². The molecular weight excluding hydrogens is 332 g/mol. The highest BCUT2D eigenvalue weighted by molar-refractivity contribution is 7.89. The molecule has 2 rings (SSSR count). The van der Waals surface area contributed by atoms with Gasteiger partial charge in [0.05, 0.1) is 30.5 Å². The van der Waals surface area contributed by atoms with Crippen LogP contribution in [0.1, 0.15) is 44.8 Å². The van der Waals surface area contributed by atoms with Crippen LogP contribution in [0.25, 0.3) is 0 Å². The Hall–Kier alpha value is -0.740. The van der Waals surface area contributed by atoms with Crippen LogP contribution in [0.15, 0.2) is 4.52 Å². The molecule has 0 spiro atoms. The summed E-state index contributed by atoms with van der Waals surface area (Å²) in [6.07, 6.45) is 2.69. The van der Waals surface area contributed by atoms with Crippen LogP contribution in [0, 0.1) is 0 Å². The monoisotopic (exact) mass is 354 g/mol. The second-order valence-electron chi connectivity index (χ2n) is 5.58. The van der Waals surface area contributed by atoms with Crippen LogP contribution in [0.4, 0.5) is 0 Å². The molecule has 22 heavy (non-hydrogen) atoms. The highest BCUT2D eigenvalue weighted by Gasteiger charge is 2.38. The number of halogens is 1. The molecule has 0 bridgehead atoms. The highest BCUT2D eigenvalue weighted by Crippen LogP contribution is 2.36. The predicted octanol–water partition coefficient (Wildman–Crippen LogP) is 0.674. The Morgan fingerprint density at radius 3 is 2.68 bits per heavy atom. The van der Waals surface area contributed by atoms with Gasteiger partial charge >= 0.3 is 0 Å². The third-order valence-electron chi connectivity index (χ3n) is 3.41. The summed E-state index contributed by atoms with van der Waals surface area (Å²) in [5.74, 6) is 0.564. The van der Waals surface area contributed by atoms with Crippen molar-refractivity contribution in [3.63, 3.8) is 0 Å². The molecule has 0 aromatic carbocycles. The van der Waals surface area contributed by atoms with Crippen molar-refractivity contribution in [3.05, 3.63) is 11.7 Å². The molecule has 0 radical (unpaired) electrons. The Morgan fingerprint density at radius 2 is 2.14 bits per heavy atom. The summed E-state index contributed by atoms with van der Waals surface area (Å²) in [6.45, 7) is 3.81. The lowest BCUT2D eigenvalue weighted by atomic mass is 9.77. The van der Waals surface area contributed by atoms with Gasteiger partial charge in [-0.3, -0.25) is 0 Å². The molecule has 0 atom stereocenters. The maximum Gasteiger partial charge on any atom is 0.241 e. The van der Waals surface area contributed by atoms with E-state index in [1.165, 1.54) is 0 Å². The van der Waals surface area contributed by atoms with Crippen LogP contribution in [-0.2, 0) is 26.8 Å². The molecule has 1 heterocycles. The maximum atomic E-state index is 11.8. The Labute approximate surface area is 136 Å². The molecule has 8 nitrogen and oxygen atoms in total. The fourth-order valence-corrected chi connectivity index (χ4v) is 2.75. The van der Waals surface area contributed by atoms with E-state index in [4.69, 9.17) is 15.0 Å². The van der Waals surface area contributed by atoms with Gasteiger partial charge in [0.15, 0.2) is 5.82 Å². The smallest absolute Gasteiger partial charge is 0.241 e. The SMILES string of the molecule is CC(C)OCCS(=O)(=O)NCc1nc(C2(N)CCC2)no1.Cl. The van der Waals surface area contributed by atoms with E-state index < -0.39 is 15.6 Å². The van der Waals surface area contributed by atoms with Crippen molar-refractivity contribution in [3.8, 4) is 0 Å². The van der Waals surface area contributed by atoms with Gasteiger partial charge in [0.25, 0.3) is 0 Å². The number of rotatable bonds is 8. The maximum absolute atomic E-state index is 11.8. The van der Waals surface area contributed by atoms with Gasteiger partial charge in [-0.05, 0) is 33.1 Å². The van der Waals surface area contributed by atoms with Gasteiger partial charge in [0, 0.05) is 0 Å². The molecule has 0 saturated heterocycles. The largest absolute Gasteiger partial charge is 0.378 e. The van der Waals surface area contributed by atoms with E-state index in [9.17, 15) is 8.42 Å². The summed E-state index contributed by atoms with van der Waals surface area (Å²) in [5.41, 5.74) is 5.57. The van der Waals surface area contributed by atoms with E-state index in [-0.39, 0.29) is 43.3 Å². The first kappa shape index (κ1) is 19.3. The Balaban J connectivity index is 0.00000242. The molecule has 1 fully saturated rings. The standard InChI is InChI=1S/C12H22N4O4S.ClH/c1-9(2)19-6-7-21(17,18)14-8-10-15-11(16-20-10)12(13)4-3-5-12;/h9,14H,3-8,13H2,1-2H3;1H. The fourth-order valence-electron chi connectivity index (χ4n) is 1.95. The normalized spacial score (nSPS) is 17.1. The summed E-state index contributed by atoms with van der Waals surface area (Å²) in [4.78, 5) is 4.15. The van der Waals surface area contributed by atoms with Gasteiger partial charge in [-0.2, -0.15) is 4.98 Å². The van der Waals surface area contributed by atoms with Crippen LogP contribution in [0.5, 0.6) is 0 Å². The van der Waals surface area contributed by atoms with Crippen molar-refractivity contribution in [1.82, 2.24) is 14.9 Å². The van der Waals surface area contributed by atoms with Crippen LogP contribution < -0.4 is 10.5 Å². The van der Waals surface area contributed by atoms with Gasteiger partial charge in [-0.1, -0.05) is 5.16 Å². The second kappa shape index (κ2) is 7.69. The molecule has 1 aromatic heterocycles. The zero-order valence-electron chi connectivity index (χ0n) is 12.7. The highest BCUT2D eigenvalue weighted by atomic mass is 35.5. The Morgan fingerprint density at radius 1 is 1.45 bits per heavy atom. The van der Waals surface area contributed by atoms with Crippen LogP contribution in [-0.4, -0.2) is 37.0 Å². The van der Waals surface area contributed by atoms with Gasteiger partial charge < -0.3 is 15.0 Å². The molecule has 0 amide bonds. The third-order valence-corrected chi connectivity index (χ3v) is 4.69. The van der Waals surface area contributed by atoms with Gasteiger partial charge in [0.1, 0.15) is 0 Å². The summed E-state index contributed by atoms with van der Waals surface area (Å²) < 4.78 is 36.1. The minimum absolute atomic E-state index is 0. The van der Waals surface area contributed by atoms with Crippen molar-refractivity contribution in [2.75, 3.05) is 12.4 Å². The molecule has 0 unspecified atom stereocenters. The molecule has 1 saturated carbocycles. The quantitative estimate of drug-likeness (QED) is 0.703. The predicted molar refractivity (Wildman–Crippen MR) is 83.0 cm³/mol.